The van der Waals surface area contributed by atoms with Gasteiger partial charge in [0.25, 0.3) is 0 Å². The van der Waals surface area contributed by atoms with Gasteiger partial charge in [-0.05, 0) is 45.9 Å². The summed E-state index contributed by atoms with van der Waals surface area (Å²) in [7, 11) is 1.24. The molecule has 1 aromatic heterocycles. The third-order valence-corrected chi connectivity index (χ3v) is 4.64. The van der Waals surface area contributed by atoms with Crippen molar-refractivity contribution in [2.45, 2.75) is 33.9 Å². The van der Waals surface area contributed by atoms with Crippen LogP contribution in [0.15, 0.2) is 48.5 Å². The van der Waals surface area contributed by atoms with Gasteiger partial charge in [0.2, 0.25) is 5.95 Å². The molecule has 1 heterocycles. The van der Waals surface area contributed by atoms with Crippen LogP contribution in [0.25, 0.3) is 11.0 Å². The Balaban J connectivity index is 2.04. The van der Waals surface area contributed by atoms with Crippen LogP contribution in [0.3, 0.4) is 0 Å². The number of methoxy groups -OCH3 is 1. The monoisotopic (exact) mass is 423 g/mol. The number of carbonyl (C=O) groups is 3. The van der Waals surface area contributed by atoms with Crippen molar-refractivity contribution in [2.75, 3.05) is 12.4 Å². The van der Waals surface area contributed by atoms with Gasteiger partial charge in [-0.1, -0.05) is 30.3 Å². The molecule has 1 unspecified atom stereocenters. The van der Waals surface area contributed by atoms with Crippen LogP contribution >= 0.6 is 0 Å². The Labute approximate surface area is 180 Å². The van der Waals surface area contributed by atoms with Gasteiger partial charge in [0, 0.05) is 11.1 Å². The van der Waals surface area contributed by atoms with Gasteiger partial charge in [0.1, 0.15) is 0 Å². The minimum atomic E-state index is -0.764. The van der Waals surface area contributed by atoms with Crippen molar-refractivity contribution >= 4 is 34.8 Å². The number of hydrogen-bond acceptors (Lipinski definition) is 6. The van der Waals surface area contributed by atoms with E-state index in [1.165, 1.54) is 7.11 Å². The van der Waals surface area contributed by atoms with Crippen molar-refractivity contribution in [3.8, 4) is 0 Å². The fourth-order valence-electron chi connectivity index (χ4n) is 2.98. The molecule has 1 amide bonds. The van der Waals surface area contributed by atoms with Crippen molar-refractivity contribution in [1.29, 1.82) is 0 Å². The molecule has 3 aromatic rings. The zero-order valence-electron chi connectivity index (χ0n) is 18.1. The molecule has 2 aromatic carbocycles. The number of nitrogens with one attached hydrogen (secondary N) is 1. The zero-order chi connectivity index (χ0) is 22.8. The molecule has 0 fully saturated rings. The smallest absolute Gasteiger partial charge is 0.413 e. The van der Waals surface area contributed by atoms with E-state index >= 15 is 0 Å². The molecule has 0 spiro atoms. The lowest BCUT2D eigenvalue weighted by Crippen LogP contribution is -2.27. The van der Waals surface area contributed by atoms with E-state index in [4.69, 9.17) is 4.74 Å². The predicted molar refractivity (Wildman–Crippen MR) is 116 cm³/mol. The third kappa shape index (κ3) is 4.74. The van der Waals surface area contributed by atoms with Gasteiger partial charge in [0.15, 0.2) is 12.0 Å². The average Bonchev–Trinajstić information content (AvgIpc) is 3.09. The first-order chi connectivity index (χ1) is 14.6. The minimum Gasteiger partial charge on any atom is -0.453 e. The molecule has 1 atom stereocenters. The Morgan fingerprint density at radius 2 is 1.71 bits per heavy atom. The first-order valence-electron chi connectivity index (χ1n) is 9.79. The molecule has 31 heavy (non-hydrogen) atoms. The maximum absolute atomic E-state index is 12.8. The summed E-state index contributed by atoms with van der Waals surface area (Å²) in [5, 5.41) is 2.54. The quantitative estimate of drug-likeness (QED) is 0.477. The second-order valence-electron chi connectivity index (χ2n) is 8.08. The Morgan fingerprint density at radius 3 is 2.32 bits per heavy atom. The predicted octanol–water partition coefficient (Wildman–Crippen LogP) is 4.55. The molecule has 3 rings (SSSR count). The second kappa shape index (κ2) is 8.59. The normalized spacial score (nSPS) is 12.3. The van der Waals surface area contributed by atoms with E-state index in [-0.39, 0.29) is 11.7 Å². The van der Waals surface area contributed by atoms with Crippen molar-refractivity contribution < 1.29 is 23.9 Å². The maximum atomic E-state index is 12.8. The molecular formula is C23H25N3O5. The van der Waals surface area contributed by atoms with Crippen molar-refractivity contribution in [3.05, 3.63) is 59.7 Å². The summed E-state index contributed by atoms with van der Waals surface area (Å²) in [6, 6.07) is 13.9. The first kappa shape index (κ1) is 22.0. The van der Waals surface area contributed by atoms with Crippen LogP contribution in [0, 0.1) is 5.41 Å². The number of amides is 1. The van der Waals surface area contributed by atoms with E-state index < -0.39 is 23.7 Å². The van der Waals surface area contributed by atoms with Gasteiger partial charge < -0.3 is 9.47 Å². The number of benzene rings is 2. The SMILES string of the molecule is COC(=O)Nc1nc2cc(C(=O)c3ccccc3)ccc2n1C(C)OC(=O)C(C)(C)C. The third-order valence-electron chi connectivity index (χ3n) is 4.64. The van der Waals surface area contributed by atoms with Gasteiger partial charge in [-0.3, -0.25) is 19.5 Å². The summed E-state index contributed by atoms with van der Waals surface area (Å²) < 4.78 is 11.8. The lowest BCUT2D eigenvalue weighted by atomic mass is 9.97. The molecule has 0 aliphatic rings. The van der Waals surface area contributed by atoms with E-state index in [9.17, 15) is 14.4 Å². The minimum absolute atomic E-state index is 0.139. The Bertz CT molecular complexity index is 1130. The van der Waals surface area contributed by atoms with Crippen molar-refractivity contribution in [3.63, 3.8) is 0 Å². The summed E-state index contributed by atoms with van der Waals surface area (Å²) >= 11 is 0. The maximum Gasteiger partial charge on any atom is 0.413 e. The molecule has 8 heteroatoms. The van der Waals surface area contributed by atoms with E-state index in [1.807, 2.05) is 6.07 Å². The van der Waals surface area contributed by atoms with Crippen LogP contribution in [0.4, 0.5) is 10.7 Å². The summed E-state index contributed by atoms with van der Waals surface area (Å²) in [5.74, 6) is -0.408. The number of nitrogens with zero attached hydrogens (tertiary/aromatic N) is 2. The van der Waals surface area contributed by atoms with Crippen LogP contribution in [0.5, 0.6) is 0 Å². The molecule has 162 valence electrons. The summed E-state index contributed by atoms with van der Waals surface area (Å²) in [6.45, 7) is 6.94. The van der Waals surface area contributed by atoms with Crippen LogP contribution in [0.2, 0.25) is 0 Å². The highest BCUT2D eigenvalue weighted by atomic mass is 16.6. The standard InChI is InChI=1S/C23H25N3O5/c1-14(31-20(28)23(2,3)4)26-18-12-11-16(19(27)15-9-7-6-8-10-15)13-17(18)24-21(26)25-22(29)30-5/h6-14H,1-5H3,(H,24,25,29). The van der Waals surface area contributed by atoms with E-state index in [1.54, 1.807) is 74.7 Å². The highest BCUT2D eigenvalue weighted by Crippen LogP contribution is 2.29. The summed E-state index contributed by atoms with van der Waals surface area (Å²) in [5.41, 5.74) is 1.36. The number of ketones is 1. The van der Waals surface area contributed by atoms with Crippen LogP contribution in [0.1, 0.15) is 49.8 Å². The van der Waals surface area contributed by atoms with Gasteiger partial charge >= 0.3 is 12.1 Å². The van der Waals surface area contributed by atoms with Gasteiger partial charge in [-0.25, -0.2) is 9.78 Å². The average molecular weight is 423 g/mol. The number of imidazole rings is 1. The van der Waals surface area contributed by atoms with Crippen LogP contribution in [-0.4, -0.2) is 34.5 Å². The number of ether oxygens (including phenoxy) is 2. The number of rotatable bonds is 5. The molecule has 8 nitrogen and oxygen atoms in total. The zero-order valence-corrected chi connectivity index (χ0v) is 18.1. The topological polar surface area (TPSA) is 99.5 Å². The molecule has 1 N–H and O–H groups in total. The van der Waals surface area contributed by atoms with Gasteiger partial charge in [-0.2, -0.15) is 0 Å². The Hall–Kier alpha value is -3.68. The molecule has 0 saturated heterocycles. The van der Waals surface area contributed by atoms with E-state index in [0.29, 0.717) is 22.2 Å². The molecule has 0 bridgehead atoms. The fraction of sp³-hybridized carbons (Fsp3) is 0.304. The molecule has 0 aliphatic heterocycles. The first-order valence-corrected chi connectivity index (χ1v) is 9.79. The lowest BCUT2D eigenvalue weighted by molar-refractivity contribution is -0.161. The summed E-state index contributed by atoms with van der Waals surface area (Å²) in [4.78, 5) is 41.4. The highest BCUT2D eigenvalue weighted by molar-refractivity contribution is 6.10. The van der Waals surface area contributed by atoms with Crippen LogP contribution in [-0.2, 0) is 14.3 Å². The molecule has 0 radical (unpaired) electrons. The van der Waals surface area contributed by atoms with Crippen molar-refractivity contribution in [1.82, 2.24) is 9.55 Å². The lowest BCUT2D eigenvalue weighted by Gasteiger charge is -2.23. The van der Waals surface area contributed by atoms with Gasteiger partial charge in [-0.15, -0.1) is 0 Å². The number of aromatic nitrogens is 2. The van der Waals surface area contributed by atoms with E-state index in [2.05, 4.69) is 15.0 Å². The highest BCUT2D eigenvalue weighted by Gasteiger charge is 2.28. The number of carbonyl (C=O) groups excluding carboxylic acids is 3. The number of anilines is 1. The molecule has 0 aliphatic carbocycles. The number of hydrogen-bond donors (Lipinski definition) is 1. The van der Waals surface area contributed by atoms with E-state index in [0.717, 1.165) is 0 Å². The summed E-state index contributed by atoms with van der Waals surface area (Å²) in [6.07, 6.45) is -1.48. The molecule has 0 saturated carbocycles. The number of fused-ring (bicyclic) bond motifs is 1. The molecular weight excluding hydrogens is 398 g/mol. The van der Waals surface area contributed by atoms with Crippen molar-refractivity contribution in [2.24, 2.45) is 5.41 Å². The Morgan fingerprint density at radius 1 is 1.03 bits per heavy atom. The fourth-order valence-corrected chi connectivity index (χ4v) is 2.98. The number of esters is 1. The van der Waals surface area contributed by atoms with Crippen LogP contribution < -0.4 is 5.32 Å². The second-order valence-corrected chi connectivity index (χ2v) is 8.08. The Kier molecular flexibility index (Phi) is 6.10. The van der Waals surface area contributed by atoms with Gasteiger partial charge in [0.05, 0.1) is 23.6 Å². The largest absolute Gasteiger partial charge is 0.453 e.